The molecule has 4 heteroatoms. The minimum Gasteiger partial charge on any atom is -0.505 e. The largest absolute Gasteiger partial charge is 0.505 e. The van der Waals surface area contributed by atoms with Gasteiger partial charge in [-0.3, -0.25) is 9.59 Å². The van der Waals surface area contributed by atoms with Crippen LogP contribution in [0.2, 0.25) is 0 Å². The third-order valence-corrected chi connectivity index (χ3v) is 4.49. The Kier molecular flexibility index (Phi) is 3.53. The summed E-state index contributed by atoms with van der Waals surface area (Å²) in [4.78, 5) is 25.1. The molecule has 1 heterocycles. The highest BCUT2D eigenvalue weighted by Gasteiger charge is 2.28. The number of rotatable bonds is 2. The van der Waals surface area contributed by atoms with Gasteiger partial charge >= 0.3 is 0 Å². The van der Waals surface area contributed by atoms with Crippen LogP contribution >= 0.6 is 0 Å². The summed E-state index contributed by atoms with van der Waals surface area (Å²) in [6.07, 6.45) is 4.93. The molecule has 0 amide bonds. The summed E-state index contributed by atoms with van der Waals surface area (Å²) in [5.41, 5.74) is -0.0758. The van der Waals surface area contributed by atoms with Crippen LogP contribution in [0.3, 0.4) is 0 Å². The second-order valence-corrected chi connectivity index (χ2v) is 5.81. The maximum absolute atomic E-state index is 12.7. The number of aromatic hydroxyl groups is 1. The first kappa shape index (κ1) is 13.9. The fourth-order valence-corrected chi connectivity index (χ4v) is 3.28. The first-order valence-electron chi connectivity index (χ1n) is 7.46. The van der Waals surface area contributed by atoms with Crippen LogP contribution in [0.25, 0.3) is 10.8 Å². The van der Waals surface area contributed by atoms with Crippen LogP contribution < -0.4 is 5.56 Å². The Labute approximate surface area is 123 Å². The van der Waals surface area contributed by atoms with Crippen LogP contribution in [0.5, 0.6) is 5.75 Å². The molecule has 21 heavy (non-hydrogen) atoms. The topological polar surface area (TPSA) is 59.3 Å². The molecule has 0 saturated heterocycles. The zero-order valence-electron chi connectivity index (χ0n) is 12.1. The second-order valence-electron chi connectivity index (χ2n) is 5.81. The number of ketones is 1. The summed E-state index contributed by atoms with van der Waals surface area (Å²) in [5.74, 6) is -0.239. The molecule has 0 radical (unpaired) electrons. The van der Waals surface area contributed by atoms with Gasteiger partial charge in [-0.2, -0.15) is 0 Å². The van der Waals surface area contributed by atoms with E-state index in [2.05, 4.69) is 0 Å². The highest BCUT2D eigenvalue weighted by molar-refractivity contribution is 6.04. The van der Waals surface area contributed by atoms with Gasteiger partial charge in [0.15, 0.2) is 11.5 Å². The lowest BCUT2D eigenvalue weighted by atomic mass is 9.84. The van der Waals surface area contributed by atoms with Gasteiger partial charge < -0.3 is 9.67 Å². The zero-order chi connectivity index (χ0) is 15.0. The predicted octanol–water partition coefficient (Wildman–Crippen LogP) is 3.01. The van der Waals surface area contributed by atoms with Crippen molar-refractivity contribution >= 4 is 16.6 Å². The molecule has 110 valence electrons. The number of carbonyl (C=O) groups excluding carboxylic acids is 1. The van der Waals surface area contributed by atoms with E-state index in [1.54, 1.807) is 31.3 Å². The molecule has 1 N–H and O–H groups in total. The number of pyridine rings is 1. The van der Waals surface area contributed by atoms with Crippen molar-refractivity contribution in [3.05, 3.63) is 40.3 Å². The normalized spacial score (nSPS) is 16.2. The molecule has 0 atom stereocenters. The number of benzene rings is 1. The van der Waals surface area contributed by atoms with Crippen molar-refractivity contribution in [2.75, 3.05) is 0 Å². The van der Waals surface area contributed by atoms with Crippen LogP contribution in [0.15, 0.2) is 29.1 Å². The smallest absolute Gasteiger partial charge is 0.258 e. The maximum Gasteiger partial charge on any atom is 0.258 e. The van der Waals surface area contributed by atoms with E-state index in [1.807, 2.05) is 0 Å². The first-order valence-corrected chi connectivity index (χ1v) is 7.46. The zero-order valence-corrected chi connectivity index (χ0v) is 12.1. The lowest BCUT2D eigenvalue weighted by Gasteiger charge is -2.22. The van der Waals surface area contributed by atoms with Crippen molar-refractivity contribution in [2.45, 2.75) is 32.1 Å². The summed E-state index contributed by atoms with van der Waals surface area (Å²) in [5, 5.41) is 11.4. The Bertz CT molecular complexity index is 754. The Morgan fingerprint density at radius 3 is 2.43 bits per heavy atom. The van der Waals surface area contributed by atoms with Crippen LogP contribution in [-0.2, 0) is 7.05 Å². The van der Waals surface area contributed by atoms with Crippen molar-refractivity contribution < 1.29 is 9.90 Å². The van der Waals surface area contributed by atoms with Gasteiger partial charge in [-0.1, -0.05) is 37.5 Å². The summed E-state index contributed by atoms with van der Waals surface area (Å²) < 4.78 is 1.30. The standard InChI is InChI=1S/C17H19NO3/c1-18-14(15(19)11-7-3-2-4-8-11)16(20)12-9-5-6-10-13(12)17(18)21/h5-6,9-11,20H,2-4,7-8H2,1H3. The highest BCUT2D eigenvalue weighted by Crippen LogP contribution is 2.32. The Hall–Kier alpha value is -2.10. The predicted molar refractivity (Wildman–Crippen MR) is 81.8 cm³/mol. The van der Waals surface area contributed by atoms with Crippen LogP contribution in [0.4, 0.5) is 0 Å². The van der Waals surface area contributed by atoms with Crippen molar-refractivity contribution in [2.24, 2.45) is 13.0 Å². The molecular weight excluding hydrogens is 266 g/mol. The molecule has 4 nitrogen and oxygen atoms in total. The lowest BCUT2D eigenvalue weighted by Crippen LogP contribution is -2.28. The van der Waals surface area contributed by atoms with Crippen LogP contribution in [0, 0.1) is 5.92 Å². The summed E-state index contributed by atoms with van der Waals surface area (Å²) in [6.45, 7) is 0. The Morgan fingerprint density at radius 2 is 1.76 bits per heavy atom. The molecule has 2 aromatic rings. The number of hydrogen-bond acceptors (Lipinski definition) is 3. The molecule has 3 rings (SSSR count). The third kappa shape index (κ3) is 2.24. The molecule has 0 bridgehead atoms. The van der Waals surface area contributed by atoms with Crippen molar-refractivity contribution in [1.29, 1.82) is 0 Å². The summed E-state index contributed by atoms with van der Waals surface area (Å²) in [6, 6.07) is 6.87. The number of fused-ring (bicyclic) bond motifs is 1. The SMILES string of the molecule is Cn1c(C(=O)C2CCCCC2)c(O)c2ccccc2c1=O. The highest BCUT2D eigenvalue weighted by atomic mass is 16.3. The number of aromatic nitrogens is 1. The number of carbonyl (C=O) groups is 1. The van der Waals surface area contributed by atoms with Gasteiger partial charge in [0.2, 0.25) is 0 Å². The number of nitrogens with zero attached hydrogens (tertiary/aromatic N) is 1. The van der Waals surface area contributed by atoms with E-state index in [-0.39, 0.29) is 28.7 Å². The van der Waals surface area contributed by atoms with Crippen molar-refractivity contribution in [1.82, 2.24) is 4.57 Å². The quantitative estimate of drug-likeness (QED) is 0.863. The van der Waals surface area contributed by atoms with E-state index in [4.69, 9.17) is 0 Å². The van der Waals surface area contributed by atoms with Crippen molar-refractivity contribution in [3.63, 3.8) is 0 Å². The molecule has 1 aromatic carbocycles. The third-order valence-electron chi connectivity index (χ3n) is 4.49. The van der Waals surface area contributed by atoms with E-state index < -0.39 is 0 Å². The van der Waals surface area contributed by atoms with E-state index in [0.29, 0.717) is 10.8 Å². The monoisotopic (exact) mass is 285 g/mol. The van der Waals surface area contributed by atoms with Crippen molar-refractivity contribution in [3.8, 4) is 5.75 Å². The summed E-state index contributed by atoms with van der Waals surface area (Å²) in [7, 11) is 1.56. The van der Waals surface area contributed by atoms with Crippen LogP contribution in [0.1, 0.15) is 42.6 Å². The van der Waals surface area contributed by atoms with Gasteiger partial charge in [0.25, 0.3) is 5.56 Å². The average Bonchev–Trinajstić information content (AvgIpc) is 2.53. The van der Waals surface area contributed by atoms with Gasteiger partial charge in [0.05, 0.1) is 5.39 Å². The molecular formula is C17H19NO3. The minimum atomic E-state index is -0.234. The molecule has 1 fully saturated rings. The van der Waals surface area contributed by atoms with E-state index >= 15 is 0 Å². The molecule has 1 aliphatic rings. The fourth-order valence-electron chi connectivity index (χ4n) is 3.28. The second kappa shape index (κ2) is 5.35. The fraction of sp³-hybridized carbons (Fsp3) is 0.412. The summed E-state index contributed by atoms with van der Waals surface area (Å²) >= 11 is 0. The van der Waals surface area contributed by atoms with Gasteiger partial charge in [-0.15, -0.1) is 0 Å². The lowest BCUT2D eigenvalue weighted by molar-refractivity contribution is 0.0876. The molecule has 0 unspecified atom stereocenters. The van der Waals surface area contributed by atoms with Gasteiger partial charge in [-0.25, -0.2) is 0 Å². The van der Waals surface area contributed by atoms with E-state index in [0.717, 1.165) is 32.1 Å². The van der Waals surface area contributed by atoms with Gasteiger partial charge in [-0.05, 0) is 18.9 Å². The minimum absolute atomic E-state index is 0.0664. The molecule has 1 aromatic heterocycles. The molecule has 1 saturated carbocycles. The maximum atomic E-state index is 12.7. The number of Topliss-reactive ketones (excluding diaryl/α,β-unsaturated/α-hetero) is 1. The number of hydrogen-bond donors (Lipinski definition) is 1. The Morgan fingerprint density at radius 1 is 1.14 bits per heavy atom. The molecule has 0 spiro atoms. The molecule has 1 aliphatic carbocycles. The van der Waals surface area contributed by atoms with Gasteiger partial charge in [0.1, 0.15) is 5.69 Å². The first-order chi connectivity index (χ1) is 10.1. The molecule has 0 aliphatic heterocycles. The van der Waals surface area contributed by atoms with E-state index in [1.165, 1.54) is 4.57 Å². The Balaban J connectivity index is 2.18. The van der Waals surface area contributed by atoms with Crippen LogP contribution in [-0.4, -0.2) is 15.5 Å². The van der Waals surface area contributed by atoms with E-state index in [9.17, 15) is 14.7 Å². The van der Waals surface area contributed by atoms with Gasteiger partial charge in [0, 0.05) is 18.4 Å². The average molecular weight is 285 g/mol.